The molecule has 0 saturated carbocycles. The average Bonchev–Trinajstić information content (AvgIpc) is 3.36. The van der Waals surface area contributed by atoms with E-state index in [-0.39, 0.29) is 25.7 Å². The summed E-state index contributed by atoms with van der Waals surface area (Å²) in [6.07, 6.45) is 0.161. The number of fused-ring (bicyclic) bond motifs is 1. The number of rotatable bonds is 6. The highest BCUT2D eigenvalue weighted by atomic mass is 32.1. The zero-order valence-corrected chi connectivity index (χ0v) is 16.5. The molecule has 0 aliphatic carbocycles. The minimum atomic E-state index is -0.477. The van der Waals surface area contributed by atoms with Gasteiger partial charge in [0.25, 0.3) is 0 Å². The van der Waals surface area contributed by atoms with Gasteiger partial charge in [-0.25, -0.2) is 9.78 Å². The summed E-state index contributed by atoms with van der Waals surface area (Å²) < 4.78 is 15.8. The minimum Gasteiger partial charge on any atom is -0.456 e. The molecule has 2 heterocycles. The average molecular weight is 410 g/mol. The zero-order valence-electron chi connectivity index (χ0n) is 15.6. The summed E-state index contributed by atoms with van der Waals surface area (Å²) in [6.45, 7) is 2.17. The number of hydrogen-bond donors (Lipinski definition) is 1. The molecule has 0 unspecified atom stereocenters. The van der Waals surface area contributed by atoms with Crippen LogP contribution in [0.15, 0.2) is 47.8 Å². The van der Waals surface area contributed by atoms with E-state index in [0.29, 0.717) is 27.8 Å². The van der Waals surface area contributed by atoms with E-state index in [9.17, 15) is 9.59 Å². The Bertz CT molecular complexity index is 1050. The highest BCUT2D eigenvalue weighted by molar-refractivity contribution is 7.09. The van der Waals surface area contributed by atoms with Crippen molar-refractivity contribution >= 4 is 28.9 Å². The lowest BCUT2D eigenvalue weighted by Gasteiger charge is -2.04. The van der Waals surface area contributed by atoms with Crippen molar-refractivity contribution in [1.82, 2.24) is 4.98 Å². The van der Waals surface area contributed by atoms with Crippen LogP contribution in [0.3, 0.4) is 0 Å². The number of benzene rings is 2. The number of anilines is 1. The third-order valence-corrected chi connectivity index (χ3v) is 5.10. The fourth-order valence-corrected chi connectivity index (χ4v) is 3.50. The maximum Gasteiger partial charge on any atom is 0.338 e. The Morgan fingerprint density at radius 1 is 1.14 bits per heavy atom. The molecule has 7 nitrogen and oxygen atoms in total. The van der Waals surface area contributed by atoms with Crippen LogP contribution in [0, 0.1) is 6.92 Å². The molecular formula is C21H18N2O5S. The van der Waals surface area contributed by atoms with Crippen molar-refractivity contribution in [2.45, 2.75) is 20.0 Å². The van der Waals surface area contributed by atoms with Gasteiger partial charge in [-0.1, -0.05) is 17.7 Å². The Kier molecular flexibility index (Phi) is 5.44. The molecule has 4 rings (SSSR count). The van der Waals surface area contributed by atoms with E-state index < -0.39 is 5.97 Å². The van der Waals surface area contributed by atoms with Gasteiger partial charge in [-0.05, 0) is 37.3 Å². The van der Waals surface area contributed by atoms with Gasteiger partial charge >= 0.3 is 5.97 Å². The van der Waals surface area contributed by atoms with Crippen molar-refractivity contribution < 1.29 is 23.8 Å². The molecule has 0 bridgehead atoms. The van der Waals surface area contributed by atoms with Crippen molar-refractivity contribution in [3.63, 3.8) is 0 Å². The second-order valence-corrected chi connectivity index (χ2v) is 7.41. The molecule has 1 aliphatic rings. The van der Waals surface area contributed by atoms with Crippen molar-refractivity contribution in [2.75, 3.05) is 12.1 Å². The highest BCUT2D eigenvalue weighted by Gasteiger charge is 2.17. The molecular weight excluding hydrogens is 392 g/mol. The van der Waals surface area contributed by atoms with Crippen LogP contribution in [0.1, 0.15) is 26.6 Å². The summed E-state index contributed by atoms with van der Waals surface area (Å²) >= 11 is 1.35. The third kappa shape index (κ3) is 4.72. The van der Waals surface area contributed by atoms with Gasteiger partial charge in [-0.2, -0.15) is 0 Å². The van der Waals surface area contributed by atoms with Gasteiger partial charge in [-0.15, -0.1) is 11.3 Å². The fraction of sp³-hybridized carbons (Fsp3) is 0.190. The summed E-state index contributed by atoms with van der Waals surface area (Å²) in [5.74, 6) is 0.506. The van der Waals surface area contributed by atoms with Crippen molar-refractivity contribution in [2.24, 2.45) is 0 Å². The third-order valence-electron chi connectivity index (χ3n) is 4.21. The second-order valence-electron chi connectivity index (χ2n) is 6.47. The number of nitrogens with zero attached hydrogens (tertiary/aromatic N) is 1. The van der Waals surface area contributed by atoms with E-state index in [4.69, 9.17) is 14.2 Å². The predicted octanol–water partition coefficient (Wildman–Crippen LogP) is 3.72. The maximum atomic E-state index is 12.2. The largest absolute Gasteiger partial charge is 0.456 e. The molecule has 1 N–H and O–H groups in total. The number of hydrogen-bond acceptors (Lipinski definition) is 7. The summed E-state index contributed by atoms with van der Waals surface area (Å²) in [5, 5.41) is 5.27. The molecule has 0 fully saturated rings. The van der Waals surface area contributed by atoms with Crippen molar-refractivity contribution in [1.29, 1.82) is 0 Å². The van der Waals surface area contributed by atoms with E-state index >= 15 is 0 Å². The lowest BCUT2D eigenvalue weighted by Crippen LogP contribution is -2.14. The molecule has 29 heavy (non-hydrogen) atoms. The Morgan fingerprint density at radius 3 is 2.76 bits per heavy atom. The first-order valence-corrected chi connectivity index (χ1v) is 9.81. The van der Waals surface area contributed by atoms with Gasteiger partial charge in [-0.3, -0.25) is 4.79 Å². The van der Waals surface area contributed by atoms with E-state index in [1.54, 1.807) is 23.6 Å². The van der Waals surface area contributed by atoms with E-state index in [0.717, 1.165) is 11.3 Å². The van der Waals surface area contributed by atoms with Crippen LogP contribution in [0.25, 0.3) is 0 Å². The zero-order chi connectivity index (χ0) is 20.2. The lowest BCUT2D eigenvalue weighted by atomic mass is 10.2. The highest BCUT2D eigenvalue weighted by Crippen LogP contribution is 2.32. The molecule has 148 valence electrons. The summed E-state index contributed by atoms with van der Waals surface area (Å²) in [7, 11) is 0. The number of aromatic nitrogens is 1. The number of nitrogens with one attached hydrogen (secondary N) is 1. The van der Waals surface area contributed by atoms with E-state index in [2.05, 4.69) is 10.3 Å². The summed E-state index contributed by atoms with van der Waals surface area (Å²) in [6, 6.07) is 12.5. The number of carbonyl (C=O) groups is 2. The Morgan fingerprint density at radius 2 is 1.93 bits per heavy atom. The van der Waals surface area contributed by atoms with Crippen molar-refractivity contribution in [3.8, 4) is 11.5 Å². The smallest absolute Gasteiger partial charge is 0.338 e. The second kappa shape index (κ2) is 8.32. The minimum absolute atomic E-state index is 0.0311. The molecule has 2 aromatic carbocycles. The first-order chi connectivity index (χ1) is 14.1. The quantitative estimate of drug-likeness (QED) is 0.624. The maximum absolute atomic E-state index is 12.2. The van der Waals surface area contributed by atoms with Crippen LogP contribution >= 0.6 is 11.3 Å². The molecule has 0 radical (unpaired) electrons. The molecule has 0 atom stereocenters. The van der Waals surface area contributed by atoms with Gasteiger partial charge < -0.3 is 19.5 Å². The Labute approximate surface area is 171 Å². The molecule has 0 saturated heterocycles. The van der Waals surface area contributed by atoms with Crippen LogP contribution in [-0.4, -0.2) is 23.7 Å². The van der Waals surface area contributed by atoms with Gasteiger partial charge in [0.05, 0.1) is 17.7 Å². The SMILES string of the molecule is Cc1ccc(NC(=O)Cc2nc(COC(=O)c3ccc4c(c3)OCO4)cs2)cc1. The van der Waals surface area contributed by atoms with Gasteiger partial charge in [0.2, 0.25) is 12.7 Å². The van der Waals surface area contributed by atoms with Crippen LogP contribution < -0.4 is 14.8 Å². The number of aryl methyl sites for hydroxylation is 1. The van der Waals surface area contributed by atoms with Gasteiger partial charge in [0, 0.05) is 11.1 Å². The molecule has 1 aliphatic heterocycles. The molecule has 0 spiro atoms. The number of amides is 1. The first-order valence-electron chi connectivity index (χ1n) is 8.93. The number of thiazole rings is 1. The van der Waals surface area contributed by atoms with Crippen LogP contribution in [-0.2, 0) is 22.6 Å². The standard InChI is InChI=1S/C21H18N2O5S/c1-13-2-5-15(6-3-13)22-19(24)9-20-23-16(11-29-20)10-26-21(25)14-4-7-17-18(8-14)28-12-27-17/h2-8,11H,9-10,12H2,1H3,(H,22,24). The normalized spacial score (nSPS) is 11.9. The number of ether oxygens (including phenoxy) is 3. The lowest BCUT2D eigenvalue weighted by molar-refractivity contribution is -0.115. The fourth-order valence-electron chi connectivity index (χ4n) is 2.72. The number of carbonyl (C=O) groups excluding carboxylic acids is 2. The Hall–Kier alpha value is -3.39. The van der Waals surface area contributed by atoms with Crippen LogP contribution in [0.4, 0.5) is 5.69 Å². The van der Waals surface area contributed by atoms with Gasteiger partial charge in [0.15, 0.2) is 11.5 Å². The topological polar surface area (TPSA) is 86.8 Å². The Balaban J connectivity index is 1.29. The first kappa shape index (κ1) is 18.9. The summed E-state index contributed by atoms with van der Waals surface area (Å²) in [5.41, 5.74) is 2.85. The van der Waals surface area contributed by atoms with Crippen LogP contribution in [0.2, 0.25) is 0 Å². The number of esters is 1. The molecule has 3 aromatic rings. The molecule has 8 heteroatoms. The molecule has 1 aromatic heterocycles. The molecule has 1 amide bonds. The summed E-state index contributed by atoms with van der Waals surface area (Å²) in [4.78, 5) is 28.8. The van der Waals surface area contributed by atoms with Crippen molar-refractivity contribution in [3.05, 3.63) is 69.7 Å². The monoisotopic (exact) mass is 410 g/mol. The predicted molar refractivity (Wildman–Crippen MR) is 107 cm³/mol. The van der Waals surface area contributed by atoms with Crippen LogP contribution in [0.5, 0.6) is 11.5 Å². The van der Waals surface area contributed by atoms with E-state index in [1.807, 2.05) is 31.2 Å². The van der Waals surface area contributed by atoms with Gasteiger partial charge in [0.1, 0.15) is 11.6 Å². The van der Waals surface area contributed by atoms with E-state index in [1.165, 1.54) is 11.3 Å².